The zero-order valence-electron chi connectivity index (χ0n) is 9.27. The number of carboxylic acid groups (broad SMARTS) is 1. The fraction of sp³-hybridized carbons (Fsp3) is 0.167. The van der Waals surface area contributed by atoms with Gasteiger partial charge in [-0.3, -0.25) is 4.79 Å². The molecule has 0 aliphatic carbocycles. The van der Waals surface area contributed by atoms with Gasteiger partial charge in [0.1, 0.15) is 0 Å². The zero-order valence-corrected chi connectivity index (χ0v) is 9.27. The molecular weight excluding hydrogens is 208 g/mol. The van der Waals surface area contributed by atoms with Crippen molar-refractivity contribution in [2.24, 2.45) is 0 Å². The second kappa shape index (κ2) is 7.23. The minimum absolute atomic E-state index is 0.329. The SMILES string of the molecule is C=COC(C)=O.Cc1ccccc1C(=O)O. The van der Waals surface area contributed by atoms with E-state index in [1.807, 2.05) is 6.07 Å². The summed E-state index contributed by atoms with van der Waals surface area (Å²) in [5, 5.41) is 8.57. The second-order valence-electron chi connectivity index (χ2n) is 2.90. The molecule has 0 saturated heterocycles. The molecule has 0 bridgehead atoms. The van der Waals surface area contributed by atoms with Crippen LogP contribution in [0.4, 0.5) is 0 Å². The van der Waals surface area contributed by atoms with Gasteiger partial charge in [0.2, 0.25) is 0 Å². The van der Waals surface area contributed by atoms with Gasteiger partial charge in [-0.05, 0) is 18.6 Å². The van der Waals surface area contributed by atoms with Gasteiger partial charge < -0.3 is 9.84 Å². The molecule has 16 heavy (non-hydrogen) atoms. The summed E-state index contributed by atoms with van der Waals surface area (Å²) >= 11 is 0. The van der Waals surface area contributed by atoms with Crippen LogP contribution < -0.4 is 0 Å². The number of carbonyl (C=O) groups excluding carboxylic acids is 1. The maximum atomic E-state index is 10.4. The molecule has 0 aliphatic heterocycles. The summed E-state index contributed by atoms with van der Waals surface area (Å²) in [7, 11) is 0. The van der Waals surface area contributed by atoms with Crippen molar-refractivity contribution >= 4 is 11.9 Å². The minimum atomic E-state index is -0.863. The highest BCUT2D eigenvalue weighted by Crippen LogP contribution is 2.05. The molecule has 4 nitrogen and oxygen atoms in total. The van der Waals surface area contributed by atoms with E-state index in [1.54, 1.807) is 25.1 Å². The first-order chi connectivity index (χ1) is 7.49. The summed E-state index contributed by atoms with van der Waals surface area (Å²) in [4.78, 5) is 20.2. The minimum Gasteiger partial charge on any atom is -0.478 e. The molecule has 0 aromatic heterocycles. The van der Waals surface area contributed by atoms with E-state index in [9.17, 15) is 9.59 Å². The van der Waals surface area contributed by atoms with Crippen LogP contribution in [0.25, 0.3) is 0 Å². The molecular formula is C12H14O4. The Hall–Kier alpha value is -2.10. The maximum Gasteiger partial charge on any atom is 0.335 e. The zero-order chi connectivity index (χ0) is 12.6. The van der Waals surface area contributed by atoms with Crippen molar-refractivity contribution in [2.75, 3.05) is 0 Å². The molecule has 0 spiro atoms. The Morgan fingerprint density at radius 3 is 2.19 bits per heavy atom. The quantitative estimate of drug-likeness (QED) is 0.616. The predicted molar refractivity (Wildman–Crippen MR) is 60.1 cm³/mol. The summed E-state index contributed by atoms with van der Waals surface area (Å²) in [6.07, 6.45) is 1.10. The average molecular weight is 222 g/mol. The molecule has 0 heterocycles. The molecule has 0 aliphatic rings. The van der Waals surface area contributed by atoms with Crippen molar-refractivity contribution in [3.8, 4) is 0 Å². The smallest absolute Gasteiger partial charge is 0.335 e. The molecule has 86 valence electrons. The van der Waals surface area contributed by atoms with E-state index in [4.69, 9.17) is 5.11 Å². The van der Waals surface area contributed by atoms with Gasteiger partial charge in [0.15, 0.2) is 0 Å². The Balaban J connectivity index is 0.000000325. The number of hydrogen-bond acceptors (Lipinski definition) is 3. The number of esters is 1. The Kier molecular flexibility index (Phi) is 6.28. The molecule has 0 amide bonds. The summed E-state index contributed by atoms with van der Waals surface area (Å²) in [6.45, 7) is 6.26. The van der Waals surface area contributed by atoms with Gasteiger partial charge >= 0.3 is 11.9 Å². The molecule has 1 aromatic carbocycles. The fourth-order valence-electron chi connectivity index (χ4n) is 0.930. The highest BCUT2D eigenvalue weighted by atomic mass is 16.5. The van der Waals surface area contributed by atoms with Crippen LogP contribution in [-0.2, 0) is 9.53 Å². The van der Waals surface area contributed by atoms with Crippen LogP contribution in [0.2, 0.25) is 0 Å². The first-order valence-electron chi connectivity index (χ1n) is 4.56. The number of carboxylic acids is 1. The van der Waals surface area contributed by atoms with E-state index < -0.39 is 5.97 Å². The number of aryl methyl sites for hydroxylation is 1. The highest BCUT2D eigenvalue weighted by Gasteiger charge is 2.02. The van der Waals surface area contributed by atoms with Crippen LogP contribution in [0, 0.1) is 6.92 Å². The maximum absolute atomic E-state index is 10.4. The normalized spacial score (nSPS) is 8.38. The number of benzene rings is 1. The summed E-state index contributed by atoms with van der Waals surface area (Å²) in [5.74, 6) is -1.19. The molecule has 0 saturated carbocycles. The van der Waals surface area contributed by atoms with Crippen molar-refractivity contribution in [1.29, 1.82) is 0 Å². The van der Waals surface area contributed by atoms with E-state index in [0.29, 0.717) is 5.56 Å². The van der Waals surface area contributed by atoms with Crippen molar-refractivity contribution in [3.63, 3.8) is 0 Å². The predicted octanol–water partition coefficient (Wildman–Crippen LogP) is 2.39. The first-order valence-corrected chi connectivity index (χ1v) is 4.56. The third kappa shape index (κ3) is 5.59. The molecule has 0 unspecified atom stereocenters. The molecule has 0 fully saturated rings. The van der Waals surface area contributed by atoms with Crippen LogP contribution >= 0.6 is 0 Å². The van der Waals surface area contributed by atoms with Gasteiger partial charge in [0.25, 0.3) is 0 Å². The lowest BCUT2D eigenvalue weighted by molar-refractivity contribution is -0.135. The van der Waals surface area contributed by atoms with E-state index in [0.717, 1.165) is 11.8 Å². The number of hydrogen-bond donors (Lipinski definition) is 1. The van der Waals surface area contributed by atoms with Crippen molar-refractivity contribution in [2.45, 2.75) is 13.8 Å². The van der Waals surface area contributed by atoms with E-state index in [-0.39, 0.29) is 5.97 Å². The lowest BCUT2D eigenvalue weighted by atomic mass is 10.1. The van der Waals surface area contributed by atoms with Crippen LogP contribution in [-0.4, -0.2) is 17.0 Å². The van der Waals surface area contributed by atoms with Crippen molar-refractivity contribution < 1.29 is 19.4 Å². The number of rotatable bonds is 2. The second-order valence-corrected chi connectivity index (χ2v) is 2.90. The van der Waals surface area contributed by atoms with Crippen LogP contribution in [0.15, 0.2) is 37.1 Å². The third-order valence-electron chi connectivity index (χ3n) is 1.62. The molecule has 1 N–H and O–H groups in total. The van der Waals surface area contributed by atoms with E-state index in [2.05, 4.69) is 11.3 Å². The van der Waals surface area contributed by atoms with Gasteiger partial charge in [-0.25, -0.2) is 4.79 Å². The van der Waals surface area contributed by atoms with Crippen LogP contribution in [0.5, 0.6) is 0 Å². The molecule has 0 radical (unpaired) electrons. The average Bonchev–Trinajstić information content (AvgIpc) is 2.18. The van der Waals surface area contributed by atoms with Crippen LogP contribution in [0.1, 0.15) is 22.8 Å². The topological polar surface area (TPSA) is 63.6 Å². The number of carbonyl (C=O) groups is 2. The summed E-state index contributed by atoms with van der Waals surface area (Å²) in [5.41, 5.74) is 1.18. The first kappa shape index (κ1) is 13.9. The number of aromatic carboxylic acids is 1. The Labute approximate surface area is 94.2 Å². The molecule has 1 aromatic rings. The summed E-state index contributed by atoms with van der Waals surface area (Å²) in [6, 6.07) is 6.92. The van der Waals surface area contributed by atoms with Crippen LogP contribution in [0.3, 0.4) is 0 Å². The van der Waals surface area contributed by atoms with Crippen molar-refractivity contribution in [1.82, 2.24) is 0 Å². The Morgan fingerprint density at radius 2 is 1.94 bits per heavy atom. The molecule has 4 heteroatoms. The van der Waals surface area contributed by atoms with Gasteiger partial charge in [-0.1, -0.05) is 24.8 Å². The molecule has 0 atom stereocenters. The van der Waals surface area contributed by atoms with E-state index >= 15 is 0 Å². The third-order valence-corrected chi connectivity index (χ3v) is 1.62. The van der Waals surface area contributed by atoms with Gasteiger partial charge in [0.05, 0.1) is 11.8 Å². The van der Waals surface area contributed by atoms with Gasteiger partial charge in [-0.15, -0.1) is 0 Å². The largest absolute Gasteiger partial charge is 0.478 e. The lowest BCUT2D eigenvalue weighted by Crippen LogP contribution is -1.97. The van der Waals surface area contributed by atoms with Gasteiger partial charge in [0, 0.05) is 6.92 Å². The Morgan fingerprint density at radius 1 is 1.38 bits per heavy atom. The fourth-order valence-corrected chi connectivity index (χ4v) is 0.930. The van der Waals surface area contributed by atoms with E-state index in [1.165, 1.54) is 6.92 Å². The van der Waals surface area contributed by atoms with Gasteiger partial charge in [-0.2, -0.15) is 0 Å². The monoisotopic (exact) mass is 222 g/mol. The summed E-state index contributed by atoms with van der Waals surface area (Å²) < 4.78 is 4.17. The Bertz CT molecular complexity index is 382. The lowest BCUT2D eigenvalue weighted by Gasteiger charge is -1.96. The standard InChI is InChI=1S/C8H8O2.C4H6O2/c1-6-4-2-3-5-7(6)8(9)10;1-3-6-4(2)5/h2-5H,1H3,(H,9,10);3H,1H2,2H3. The number of ether oxygens (including phenoxy) is 1. The molecule has 1 rings (SSSR count). The highest BCUT2D eigenvalue weighted by molar-refractivity contribution is 5.89. The van der Waals surface area contributed by atoms with Crippen molar-refractivity contribution in [3.05, 3.63) is 48.2 Å².